The molecule has 0 bridgehead atoms. The number of piperazine rings is 1. The van der Waals surface area contributed by atoms with E-state index in [-0.39, 0.29) is 17.6 Å². The number of carbonyl (C=O) groups is 1. The Hall–Kier alpha value is -2.15. The highest BCUT2D eigenvalue weighted by molar-refractivity contribution is 5.85. The van der Waals surface area contributed by atoms with Crippen molar-refractivity contribution in [3.8, 4) is 0 Å². The van der Waals surface area contributed by atoms with Crippen molar-refractivity contribution in [2.24, 2.45) is 5.73 Å². The summed E-state index contributed by atoms with van der Waals surface area (Å²) in [5.74, 6) is 0.0150. The van der Waals surface area contributed by atoms with Gasteiger partial charge in [0.15, 0.2) is 5.78 Å². The van der Waals surface area contributed by atoms with Crippen molar-refractivity contribution in [2.45, 2.75) is 25.3 Å². The zero-order valence-corrected chi connectivity index (χ0v) is 16.9. The Morgan fingerprint density at radius 1 is 1.14 bits per heavy atom. The van der Waals surface area contributed by atoms with Crippen LogP contribution in [0.4, 0.5) is 4.39 Å². The highest BCUT2D eigenvalue weighted by Gasteiger charge is 2.29. The van der Waals surface area contributed by atoms with E-state index < -0.39 is 0 Å². The minimum absolute atomic E-state index is 0.217. The molecule has 2 heterocycles. The monoisotopic (exact) mass is 386 g/mol. The lowest BCUT2D eigenvalue weighted by atomic mass is 9.97. The molecule has 2 N–H and O–H groups in total. The number of hydrogen-bond acceptors (Lipinski definition) is 5. The van der Waals surface area contributed by atoms with Gasteiger partial charge in [-0.2, -0.15) is 0 Å². The molecule has 1 atom stereocenters. The van der Waals surface area contributed by atoms with Crippen molar-refractivity contribution < 1.29 is 9.18 Å². The first kappa shape index (κ1) is 22.1. The van der Waals surface area contributed by atoms with Crippen molar-refractivity contribution in [1.82, 2.24) is 14.8 Å². The molecule has 0 amide bonds. The van der Waals surface area contributed by atoms with Crippen LogP contribution in [0.3, 0.4) is 0 Å². The molecule has 6 heteroatoms. The second-order valence-electron chi connectivity index (χ2n) is 6.97. The summed E-state index contributed by atoms with van der Waals surface area (Å²) in [5.41, 5.74) is 6.54. The first-order valence-electron chi connectivity index (χ1n) is 9.81. The van der Waals surface area contributed by atoms with Crippen LogP contribution < -0.4 is 5.73 Å². The second-order valence-corrected chi connectivity index (χ2v) is 6.97. The van der Waals surface area contributed by atoms with Gasteiger partial charge in [0.1, 0.15) is 5.82 Å². The van der Waals surface area contributed by atoms with E-state index >= 15 is 0 Å². The maximum Gasteiger partial charge on any atom is 0.154 e. The van der Waals surface area contributed by atoms with Gasteiger partial charge in [0.2, 0.25) is 0 Å². The summed E-state index contributed by atoms with van der Waals surface area (Å²) in [4.78, 5) is 21.8. The van der Waals surface area contributed by atoms with Crippen molar-refractivity contribution in [3.63, 3.8) is 0 Å². The van der Waals surface area contributed by atoms with Crippen LogP contribution in [0.5, 0.6) is 0 Å². The number of Topliss-reactive ketones (excluding diaryl/α,β-unsaturated/α-hetero) is 1. The van der Waals surface area contributed by atoms with Gasteiger partial charge in [0.25, 0.3) is 0 Å². The second kappa shape index (κ2) is 11.6. The molecule has 2 aromatic rings. The summed E-state index contributed by atoms with van der Waals surface area (Å²) in [5, 5.41) is 0. The number of aryl methyl sites for hydroxylation is 1. The van der Waals surface area contributed by atoms with Crippen LogP contribution in [0.15, 0.2) is 48.8 Å². The smallest absolute Gasteiger partial charge is 0.154 e. The lowest BCUT2D eigenvalue weighted by molar-refractivity contribution is -0.125. The summed E-state index contributed by atoms with van der Waals surface area (Å²) >= 11 is 0. The minimum atomic E-state index is -0.225. The number of likely N-dealkylation sites (N-methyl/N-ethyl adjacent to an activating group) is 1. The lowest BCUT2D eigenvalue weighted by Gasteiger charge is -2.37. The number of rotatable bonds is 7. The van der Waals surface area contributed by atoms with Crippen LogP contribution in [-0.4, -0.2) is 60.8 Å². The summed E-state index contributed by atoms with van der Waals surface area (Å²) in [6, 6.07) is 10.2. The van der Waals surface area contributed by atoms with Crippen molar-refractivity contribution in [3.05, 3.63) is 65.7 Å². The van der Waals surface area contributed by atoms with Crippen molar-refractivity contribution in [2.75, 3.05) is 40.3 Å². The quantitative estimate of drug-likeness (QED) is 0.793. The molecular formula is C22H31FN4O. The molecule has 0 radical (unpaired) electrons. The van der Waals surface area contributed by atoms with Crippen LogP contribution >= 0.6 is 0 Å². The average Bonchev–Trinajstić information content (AvgIpc) is 2.73. The Balaban J connectivity index is 0.00000136. The Morgan fingerprint density at radius 2 is 1.82 bits per heavy atom. The molecule has 1 saturated heterocycles. The third kappa shape index (κ3) is 6.48. The van der Waals surface area contributed by atoms with Gasteiger partial charge >= 0.3 is 0 Å². The summed E-state index contributed by atoms with van der Waals surface area (Å²) < 4.78 is 13.0. The Labute approximate surface area is 167 Å². The van der Waals surface area contributed by atoms with Gasteiger partial charge in [0.05, 0.1) is 6.04 Å². The van der Waals surface area contributed by atoms with Crippen molar-refractivity contribution in [1.29, 1.82) is 0 Å². The molecule has 1 aliphatic heterocycles. The number of carbonyl (C=O) groups excluding carboxylic acids is 1. The predicted octanol–water partition coefficient (Wildman–Crippen LogP) is 2.68. The largest absolute Gasteiger partial charge is 0.333 e. The molecule has 0 spiro atoms. The standard InChI is InChI=1S/C21H26FN3O.CH5N/c1-24-12-14-25(15-13-24)21(18-5-3-11-23-16-18)20(26)6-2-4-17-7-9-19(22)10-8-17;1-2/h3,5,7-11,16,21H,2,4,6,12-15H2,1H3;2H2,1H3. The van der Waals surface area contributed by atoms with Gasteiger partial charge in [-0.15, -0.1) is 0 Å². The first-order valence-corrected chi connectivity index (χ1v) is 9.81. The summed E-state index contributed by atoms with van der Waals surface area (Å²) in [7, 11) is 3.61. The molecule has 3 rings (SSSR count). The molecule has 1 aromatic carbocycles. The zero-order valence-electron chi connectivity index (χ0n) is 16.9. The van der Waals surface area contributed by atoms with Crippen molar-refractivity contribution >= 4 is 5.78 Å². The highest BCUT2D eigenvalue weighted by atomic mass is 19.1. The Bertz CT molecular complexity index is 700. The molecule has 0 aliphatic carbocycles. The van der Waals surface area contributed by atoms with Crippen LogP contribution in [-0.2, 0) is 11.2 Å². The van der Waals surface area contributed by atoms with E-state index in [9.17, 15) is 9.18 Å². The molecular weight excluding hydrogens is 355 g/mol. The topological polar surface area (TPSA) is 62.5 Å². The SMILES string of the molecule is CN.CN1CCN(C(C(=O)CCCc2ccc(F)cc2)c2cccnc2)CC1. The zero-order chi connectivity index (χ0) is 20.4. The van der Waals surface area contributed by atoms with Gasteiger partial charge in [0, 0.05) is 45.0 Å². The van der Waals surface area contributed by atoms with Crippen LogP contribution in [0.1, 0.15) is 30.0 Å². The summed E-state index contributed by atoms with van der Waals surface area (Å²) in [6.07, 6.45) is 5.62. The maximum absolute atomic E-state index is 13.0. The van der Waals surface area contributed by atoms with E-state index in [4.69, 9.17) is 0 Å². The van der Waals surface area contributed by atoms with Gasteiger partial charge < -0.3 is 10.6 Å². The number of nitrogens with two attached hydrogens (primary N) is 1. The van der Waals surface area contributed by atoms with Crippen LogP contribution in [0.25, 0.3) is 0 Å². The van der Waals surface area contributed by atoms with Crippen LogP contribution in [0.2, 0.25) is 0 Å². The fourth-order valence-electron chi connectivity index (χ4n) is 3.47. The third-order valence-corrected chi connectivity index (χ3v) is 5.01. The Morgan fingerprint density at radius 3 is 2.43 bits per heavy atom. The predicted molar refractivity (Wildman–Crippen MR) is 111 cm³/mol. The Kier molecular flexibility index (Phi) is 9.20. The molecule has 152 valence electrons. The lowest BCUT2D eigenvalue weighted by Crippen LogP contribution is -2.47. The maximum atomic E-state index is 13.0. The average molecular weight is 387 g/mol. The number of aromatic nitrogens is 1. The van der Waals surface area contributed by atoms with Gasteiger partial charge in [-0.3, -0.25) is 14.7 Å². The normalized spacial score (nSPS) is 16.1. The fourth-order valence-corrected chi connectivity index (χ4v) is 3.47. The number of benzene rings is 1. The molecule has 0 saturated carbocycles. The number of pyridine rings is 1. The molecule has 1 aromatic heterocycles. The fraction of sp³-hybridized carbons (Fsp3) is 0.455. The number of halogens is 1. The van der Waals surface area contributed by atoms with Gasteiger partial charge in [-0.05, 0) is 56.3 Å². The van der Waals surface area contributed by atoms with E-state index in [2.05, 4.69) is 27.6 Å². The van der Waals surface area contributed by atoms with Gasteiger partial charge in [-0.25, -0.2) is 4.39 Å². The first-order chi connectivity index (χ1) is 13.6. The molecule has 5 nitrogen and oxygen atoms in total. The number of nitrogens with zero attached hydrogens (tertiary/aromatic N) is 3. The minimum Gasteiger partial charge on any atom is -0.333 e. The molecule has 1 fully saturated rings. The molecule has 28 heavy (non-hydrogen) atoms. The van der Waals surface area contributed by atoms with E-state index in [1.807, 2.05) is 12.1 Å². The third-order valence-electron chi connectivity index (χ3n) is 5.01. The summed E-state index contributed by atoms with van der Waals surface area (Å²) in [6.45, 7) is 3.72. The van der Waals surface area contributed by atoms with E-state index in [0.29, 0.717) is 6.42 Å². The van der Waals surface area contributed by atoms with E-state index in [1.54, 1.807) is 24.5 Å². The highest BCUT2D eigenvalue weighted by Crippen LogP contribution is 2.24. The number of ketones is 1. The number of hydrogen-bond donors (Lipinski definition) is 1. The molecule has 1 unspecified atom stereocenters. The van der Waals surface area contributed by atoms with Crippen LogP contribution in [0, 0.1) is 5.82 Å². The van der Waals surface area contributed by atoms with E-state index in [0.717, 1.165) is 50.1 Å². The molecule has 1 aliphatic rings. The van der Waals surface area contributed by atoms with Gasteiger partial charge in [-0.1, -0.05) is 18.2 Å². The van der Waals surface area contributed by atoms with E-state index in [1.165, 1.54) is 19.2 Å².